The molecule has 0 atom stereocenters. The van der Waals surface area contributed by atoms with Gasteiger partial charge in [0.15, 0.2) is 5.78 Å². The monoisotopic (exact) mass is 1020 g/mol. The maximum absolute atomic E-state index is 12.0. The van der Waals surface area contributed by atoms with E-state index in [1.54, 1.807) is 50.9 Å². The normalized spacial score (nSPS) is 10.8. The third-order valence-corrected chi connectivity index (χ3v) is 12.7. The number of anilines is 5. The number of aromatic nitrogens is 4. The Balaban J connectivity index is 0.000000208. The molecule has 6 aromatic carbocycles. The van der Waals surface area contributed by atoms with Crippen molar-refractivity contribution in [2.75, 3.05) is 59.0 Å². The van der Waals surface area contributed by atoms with Gasteiger partial charge < -0.3 is 44.8 Å². The second-order valence-corrected chi connectivity index (χ2v) is 16.9. The van der Waals surface area contributed by atoms with E-state index in [2.05, 4.69) is 37.1 Å². The minimum Gasteiger partial charge on any atom is -0.496 e. The van der Waals surface area contributed by atoms with Gasteiger partial charge in [-0.15, -0.1) is 0 Å². The van der Waals surface area contributed by atoms with Gasteiger partial charge in [0, 0.05) is 81.8 Å². The Kier molecular flexibility index (Phi) is 15.9. The second kappa shape index (κ2) is 22.0. The number of para-hydroxylation sites is 2. The molecule has 0 saturated heterocycles. The zero-order valence-corrected chi connectivity index (χ0v) is 42.3. The Morgan fingerprint density at radius 2 is 0.986 bits per heavy atom. The lowest BCUT2D eigenvalue weighted by atomic mass is 10.0. The number of rotatable bonds is 15. The van der Waals surface area contributed by atoms with Gasteiger partial charge in [0.25, 0.3) is 0 Å². The number of methoxy groups -OCH3 is 6. The molecule has 0 radical (unpaired) electrons. The third-order valence-electron chi connectivity index (χ3n) is 11.2. The maximum Gasteiger partial charge on any atom is 0.227 e. The van der Waals surface area contributed by atoms with Crippen molar-refractivity contribution in [2.45, 2.75) is 20.3 Å². The van der Waals surface area contributed by atoms with Crippen LogP contribution in [0.2, 0.25) is 20.1 Å². The average Bonchev–Trinajstić information content (AvgIpc) is 3.36. The Morgan fingerprint density at radius 3 is 1.39 bits per heavy atom. The second-order valence-electron chi connectivity index (χ2n) is 15.4. The van der Waals surface area contributed by atoms with Crippen molar-refractivity contribution in [3.05, 3.63) is 135 Å². The molecule has 4 N–H and O–H groups in total. The number of ketones is 1. The molecule has 0 saturated carbocycles. The number of nitrogen functional groups attached to an aromatic ring is 1. The molecule has 0 unspecified atom stereocenters. The topological polar surface area (TPSA) is 174 Å². The van der Waals surface area contributed by atoms with Crippen molar-refractivity contribution in [3.63, 3.8) is 0 Å². The van der Waals surface area contributed by atoms with Gasteiger partial charge in [-0.05, 0) is 54.8 Å². The third kappa shape index (κ3) is 10.4. The Morgan fingerprint density at radius 1 is 0.586 bits per heavy atom. The SMILES string of the molecule is C=CC(=O)Cc1cccc(C)c1Nc1ncc2cc(-c3c(Cl)c(OC)cc(OC)c3Cl)c(OC)cc2n1.COc1cc2nc(Nc3c(C)cccc3N)ncc2cc1-c1c(Cl)c(OC)cc(OC)c1Cl. The van der Waals surface area contributed by atoms with Crippen molar-refractivity contribution in [1.29, 1.82) is 0 Å². The summed E-state index contributed by atoms with van der Waals surface area (Å²) in [6.45, 7) is 7.48. The van der Waals surface area contributed by atoms with E-state index in [0.717, 1.165) is 38.8 Å². The predicted molar refractivity (Wildman–Crippen MR) is 282 cm³/mol. The largest absolute Gasteiger partial charge is 0.496 e. The molecule has 18 heteroatoms. The zero-order chi connectivity index (χ0) is 50.4. The molecule has 70 heavy (non-hydrogen) atoms. The smallest absolute Gasteiger partial charge is 0.227 e. The highest BCUT2D eigenvalue weighted by Crippen LogP contribution is 2.51. The van der Waals surface area contributed by atoms with E-state index in [1.807, 2.05) is 62.4 Å². The van der Waals surface area contributed by atoms with E-state index in [1.165, 1.54) is 34.5 Å². The van der Waals surface area contributed by atoms with Crippen LogP contribution in [-0.4, -0.2) is 68.4 Å². The van der Waals surface area contributed by atoms with E-state index in [4.69, 9.17) is 80.6 Å². The number of benzene rings is 6. The highest BCUT2D eigenvalue weighted by Gasteiger charge is 2.24. The molecule has 0 amide bonds. The van der Waals surface area contributed by atoms with Crippen LogP contribution < -0.4 is 44.8 Å². The van der Waals surface area contributed by atoms with E-state index in [9.17, 15) is 4.79 Å². The first-order valence-electron chi connectivity index (χ1n) is 21.2. The fourth-order valence-electron chi connectivity index (χ4n) is 7.61. The molecule has 0 spiro atoms. The molecule has 0 aliphatic carbocycles. The molecular weight excluding hydrogens is 976 g/mol. The first kappa shape index (κ1) is 50.6. The highest BCUT2D eigenvalue weighted by molar-refractivity contribution is 6.42. The lowest BCUT2D eigenvalue weighted by molar-refractivity contribution is -0.114. The van der Waals surface area contributed by atoms with Gasteiger partial charge in [-0.1, -0.05) is 83.3 Å². The number of aryl methyl sites for hydroxylation is 2. The van der Waals surface area contributed by atoms with Crippen LogP contribution in [0.25, 0.3) is 44.1 Å². The van der Waals surface area contributed by atoms with Gasteiger partial charge >= 0.3 is 0 Å². The van der Waals surface area contributed by atoms with Crippen molar-refractivity contribution in [2.24, 2.45) is 0 Å². The van der Waals surface area contributed by atoms with Crippen LogP contribution in [0, 0.1) is 13.8 Å². The number of halogens is 4. The summed E-state index contributed by atoms with van der Waals surface area (Å²) in [5.41, 5.74) is 14.7. The lowest BCUT2D eigenvalue weighted by Crippen LogP contribution is -2.06. The van der Waals surface area contributed by atoms with E-state index in [0.29, 0.717) is 105 Å². The molecule has 8 aromatic rings. The Hall–Kier alpha value is -7.23. The number of nitrogens with one attached hydrogen (secondary N) is 2. The average molecular weight is 1020 g/mol. The number of ether oxygens (including phenoxy) is 6. The zero-order valence-electron chi connectivity index (χ0n) is 39.3. The number of nitrogens with zero attached hydrogens (tertiary/aromatic N) is 4. The summed E-state index contributed by atoms with van der Waals surface area (Å²) in [5.74, 6) is 3.45. The molecule has 0 aliphatic heterocycles. The molecule has 0 bridgehead atoms. The fraction of sp³-hybridized carbons (Fsp3) is 0.173. The molecular formula is C52H47Cl4N7O7. The first-order valence-corrected chi connectivity index (χ1v) is 22.7. The summed E-state index contributed by atoms with van der Waals surface area (Å²) >= 11 is 26.6. The van der Waals surface area contributed by atoms with Crippen LogP contribution in [0.3, 0.4) is 0 Å². The molecule has 360 valence electrons. The van der Waals surface area contributed by atoms with E-state index >= 15 is 0 Å². The van der Waals surface area contributed by atoms with Gasteiger partial charge in [0.05, 0.1) is 85.2 Å². The van der Waals surface area contributed by atoms with Gasteiger partial charge in [0.2, 0.25) is 11.9 Å². The first-order chi connectivity index (χ1) is 33.7. The van der Waals surface area contributed by atoms with Gasteiger partial charge in [-0.25, -0.2) is 19.9 Å². The predicted octanol–water partition coefficient (Wildman–Crippen LogP) is 13.2. The fourth-order valence-corrected chi connectivity index (χ4v) is 9.02. The Bertz CT molecular complexity index is 3240. The summed E-state index contributed by atoms with van der Waals surface area (Å²) in [6, 6.07) is 22.0. The molecule has 0 aliphatic rings. The van der Waals surface area contributed by atoms with Crippen LogP contribution in [0.15, 0.2) is 97.8 Å². The summed E-state index contributed by atoms with van der Waals surface area (Å²) in [6.07, 6.45) is 4.95. The number of nitrogens with two attached hydrogens (primary N) is 1. The number of hydrogen-bond acceptors (Lipinski definition) is 14. The van der Waals surface area contributed by atoms with Crippen LogP contribution in [0.5, 0.6) is 34.5 Å². The van der Waals surface area contributed by atoms with Crippen LogP contribution in [0.1, 0.15) is 16.7 Å². The summed E-state index contributed by atoms with van der Waals surface area (Å²) < 4.78 is 33.0. The van der Waals surface area contributed by atoms with Gasteiger partial charge in [0.1, 0.15) is 34.5 Å². The van der Waals surface area contributed by atoms with E-state index < -0.39 is 0 Å². The molecule has 8 rings (SSSR count). The minimum atomic E-state index is -0.0724. The summed E-state index contributed by atoms with van der Waals surface area (Å²) in [7, 11) is 9.22. The quantitative estimate of drug-likeness (QED) is 0.0653. The van der Waals surface area contributed by atoms with Crippen molar-refractivity contribution in [3.8, 4) is 56.8 Å². The van der Waals surface area contributed by atoms with Crippen molar-refractivity contribution >= 4 is 103 Å². The maximum atomic E-state index is 12.0. The van der Waals surface area contributed by atoms with Gasteiger partial charge in [-0.3, -0.25) is 4.79 Å². The number of fused-ring (bicyclic) bond motifs is 2. The van der Waals surface area contributed by atoms with Crippen molar-refractivity contribution in [1.82, 2.24) is 19.9 Å². The highest BCUT2D eigenvalue weighted by atomic mass is 35.5. The van der Waals surface area contributed by atoms with Crippen molar-refractivity contribution < 1.29 is 33.2 Å². The number of hydrogen-bond donors (Lipinski definition) is 3. The molecule has 14 nitrogen and oxygen atoms in total. The summed E-state index contributed by atoms with van der Waals surface area (Å²) in [4.78, 5) is 30.3. The van der Waals surface area contributed by atoms with Gasteiger partial charge in [-0.2, -0.15) is 0 Å². The van der Waals surface area contributed by atoms with Crippen LogP contribution in [-0.2, 0) is 11.2 Å². The number of carbonyl (C=O) groups excluding carboxylic acids is 1. The van der Waals surface area contributed by atoms with Crippen LogP contribution >= 0.6 is 46.4 Å². The Labute approximate surface area is 424 Å². The number of allylic oxidation sites excluding steroid dienone is 1. The lowest BCUT2D eigenvalue weighted by Gasteiger charge is -2.17. The standard InChI is InChI=1S/C28H25Cl2N3O4.C24H22Cl2N4O3/c1-6-18(34)10-16-9-7-8-15(2)27(16)33-28-31-14-17-11-19(21(35-3)12-20(17)32-28)24-25(29)22(36-4)13-23(37-5)26(24)30;1-12-6-5-7-15(27)23(12)30-24-28-11-13-8-14(17(31-2)9-16(13)29-24)20-21(25)18(32-3)10-19(33-4)22(20)26/h6-9,11-14H,1,10H2,2-5H3,(H,31,32,33);5-11H,27H2,1-4H3,(H,28,29,30). The van der Waals surface area contributed by atoms with E-state index in [-0.39, 0.29) is 12.2 Å². The molecule has 0 fully saturated rings. The minimum absolute atomic E-state index is 0.0724. The summed E-state index contributed by atoms with van der Waals surface area (Å²) in [5, 5.41) is 9.31. The number of carbonyl (C=O) groups is 1. The molecule has 2 aromatic heterocycles. The molecule has 2 heterocycles. The van der Waals surface area contributed by atoms with Crippen LogP contribution in [0.4, 0.5) is 29.0 Å².